The second-order valence-electron chi connectivity index (χ2n) is 3.77. The normalized spacial score (nSPS) is 11.2. The largest absolute Gasteiger partial charge is 0.480 e. The summed E-state index contributed by atoms with van der Waals surface area (Å²) in [5, 5.41) is 8.54. The molecule has 1 aromatic carbocycles. The van der Waals surface area contributed by atoms with E-state index in [-0.39, 0.29) is 9.37 Å². The zero-order valence-corrected chi connectivity index (χ0v) is 11.3. The first-order chi connectivity index (χ1) is 9.11. The van der Waals surface area contributed by atoms with Gasteiger partial charge in [0.1, 0.15) is 18.9 Å². The smallest absolute Gasteiger partial charge is 0.406 e. The van der Waals surface area contributed by atoms with Crippen LogP contribution in [0, 0.1) is 5.82 Å². The van der Waals surface area contributed by atoms with E-state index in [2.05, 4.69) is 15.9 Å². The van der Waals surface area contributed by atoms with E-state index in [0.29, 0.717) is 0 Å². The minimum Gasteiger partial charge on any atom is -0.480 e. The van der Waals surface area contributed by atoms with Crippen molar-refractivity contribution in [2.75, 3.05) is 13.1 Å². The molecule has 0 spiro atoms. The van der Waals surface area contributed by atoms with Crippen molar-refractivity contribution in [3.8, 4) is 0 Å². The molecule has 0 aliphatic heterocycles. The van der Waals surface area contributed by atoms with Crippen LogP contribution in [0.3, 0.4) is 0 Å². The lowest BCUT2D eigenvalue weighted by Crippen LogP contribution is -2.42. The molecule has 4 nitrogen and oxygen atoms in total. The lowest BCUT2D eigenvalue weighted by atomic mass is 10.2. The molecule has 0 aliphatic rings. The Morgan fingerprint density at radius 3 is 2.40 bits per heavy atom. The lowest BCUT2D eigenvalue weighted by Gasteiger charge is -2.22. The van der Waals surface area contributed by atoms with Gasteiger partial charge in [0.15, 0.2) is 0 Å². The Balaban J connectivity index is 3.10. The van der Waals surface area contributed by atoms with Gasteiger partial charge in [-0.05, 0) is 28.1 Å². The highest BCUT2D eigenvalue weighted by Gasteiger charge is 2.35. The van der Waals surface area contributed by atoms with Gasteiger partial charge < -0.3 is 10.0 Å². The van der Waals surface area contributed by atoms with Crippen LogP contribution >= 0.6 is 15.9 Å². The topological polar surface area (TPSA) is 57.6 Å². The van der Waals surface area contributed by atoms with Gasteiger partial charge >= 0.3 is 12.1 Å². The third-order valence-corrected chi connectivity index (χ3v) is 2.78. The van der Waals surface area contributed by atoms with Crippen molar-refractivity contribution in [1.82, 2.24) is 4.90 Å². The second kappa shape index (κ2) is 6.21. The van der Waals surface area contributed by atoms with Crippen LogP contribution in [-0.4, -0.2) is 41.1 Å². The first-order valence-electron chi connectivity index (χ1n) is 5.13. The van der Waals surface area contributed by atoms with Crippen molar-refractivity contribution < 1.29 is 32.3 Å². The van der Waals surface area contributed by atoms with Crippen molar-refractivity contribution >= 4 is 27.8 Å². The molecule has 0 aliphatic carbocycles. The molecule has 20 heavy (non-hydrogen) atoms. The van der Waals surface area contributed by atoms with Crippen LogP contribution in [0.5, 0.6) is 0 Å². The Morgan fingerprint density at radius 1 is 1.30 bits per heavy atom. The fourth-order valence-corrected chi connectivity index (χ4v) is 1.78. The van der Waals surface area contributed by atoms with E-state index in [1.165, 1.54) is 12.1 Å². The molecule has 0 bridgehead atoms. The average molecular weight is 358 g/mol. The first-order valence-corrected chi connectivity index (χ1v) is 5.93. The molecule has 1 rings (SSSR count). The van der Waals surface area contributed by atoms with E-state index >= 15 is 0 Å². The zero-order chi connectivity index (χ0) is 15.5. The number of amides is 1. The van der Waals surface area contributed by atoms with Gasteiger partial charge in [-0.1, -0.05) is 6.07 Å². The minimum atomic E-state index is -4.78. The maximum atomic E-state index is 13.7. The summed E-state index contributed by atoms with van der Waals surface area (Å²) in [5.41, 5.74) is -0.634. The molecule has 0 radical (unpaired) electrons. The highest BCUT2D eigenvalue weighted by Crippen LogP contribution is 2.22. The van der Waals surface area contributed by atoms with Gasteiger partial charge in [0.05, 0.1) is 10.0 Å². The number of carboxylic acid groups (broad SMARTS) is 1. The van der Waals surface area contributed by atoms with Crippen LogP contribution < -0.4 is 0 Å². The van der Waals surface area contributed by atoms with Crippen LogP contribution in [0.2, 0.25) is 0 Å². The Hall–Kier alpha value is -1.64. The number of halogens is 5. The van der Waals surface area contributed by atoms with Crippen LogP contribution in [0.15, 0.2) is 22.7 Å². The quantitative estimate of drug-likeness (QED) is 0.843. The molecule has 110 valence electrons. The van der Waals surface area contributed by atoms with Crippen LogP contribution in [0.4, 0.5) is 17.6 Å². The molecule has 1 amide bonds. The zero-order valence-electron chi connectivity index (χ0n) is 9.75. The Kier molecular flexibility index (Phi) is 5.09. The van der Waals surface area contributed by atoms with E-state index in [1.807, 2.05) is 0 Å². The van der Waals surface area contributed by atoms with E-state index in [1.54, 1.807) is 0 Å². The highest BCUT2D eigenvalue weighted by molar-refractivity contribution is 9.10. The number of aliphatic carboxylic acids is 1. The van der Waals surface area contributed by atoms with E-state index in [9.17, 15) is 27.2 Å². The maximum absolute atomic E-state index is 13.7. The van der Waals surface area contributed by atoms with Crippen molar-refractivity contribution in [3.05, 3.63) is 34.1 Å². The van der Waals surface area contributed by atoms with Gasteiger partial charge in [-0.15, -0.1) is 0 Å². The number of hydrogen-bond donors (Lipinski definition) is 1. The summed E-state index contributed by atoms with van der Waals surface area (Å²) in [6.45, 7) is -2.95. The fraction of sp³-hybridized carbons (Fsp3) is 0.273. The minimum absolute atomic E-state index is 0.0210. The number of nitrogens with zero attached hydrogens (tertiary/aromatic N) is 1. The summed E-state index contributed by atoms with van der Waals surface area (Å²) in [7, 11) is 0. The molecule has 0 fully saturated rings. The van der Waals surface area contributed by atoms with E-state index in [0.717, 1.165) is 6.07 Å². The van der Waals surface area contributed by atoms with Gasteiger partial charge in [-0.3, -0.25) is 9.59 Å². The maximum Gasteiger partial charge on any atom is 0.406 e. The summed E-state index contributed by atoms with van der Waals surface area (Å²) in [4.78, 5) is 22.4. The van der Waals surface area contributed by atoms with E-state index < -0.39 is 42.5 Å². The Labute approximate surface area is 119 Å². The number of carboxylic acids is 1. The Morgan fingerprint density at radius 2 is 1.90 bits per heavy atom. The fourth-order valence-electron chi connectivity index (χ4n) is 1.42. The molecule has 0 heterocycles. The van der Waals surface area contributed by atoms with Gasteiger partial charge in [-0.25, -0.2) is 4.39 Å². The molecule has 0 aromatic heterocycles. The third-order valence-electron chi connectivity index (χ3n) is 2.17. The highest BCUT2D eigenvalue weighted by atomic mass is 79.9. The van der Waals surface area contributed by atoms with Crippen molar-refractivity contribution in [2.24, 2.45) is 0 Å². The standard InChI is InChI=1S/C11H8BrF4NO3/c12-7-3-1-2-6(9(7)13)10(20)17(4-8(18)19)5-11(14,15)16/h1-3H,4-5H2,(H,18,19). The van der Waals surface area contributed by atoms with Gasteiger partial charge in [-0.2, -0.15) is 13.2 Å². The SMILES string of the molecule is O=C(O)CN(CC(F)(F)F)C(=O)c1cccc(Br)c1F. The number of benzene rings is 1. The molecule has 0 saturated heterocycles. The molecule has 9 heteroatoms. The molecule has 0 saturated carbocycles. The summed E-state index contributed by atoms with van der Waals surface area (Å²) < 4.78 is 50.5. The van der Waals surface area contributed by atoms with Crippen LogP contribution in [-0.2, 0) is 4.79 Å². The second-order valence-corrected chi connectivity index (χ2v) is 4.63. The Bertz CT molecular complexity index is 533. The predicted octanol–water partition coefficient (Wildman–Crippen LogP) is 2.68. The average Bonchev–Trinajstić information content (AvgIpc) is 2.28. The summed E-state index contributed by atoms with van der Waals surface area (Å²) in [5.74, 6) is -4.02. The summed E-state index contributed by atoms with van der Waals surface area (Å²) >= 11 is 2.79. The predicted molar refractivity (Wildman–Crippen MR) is 63.7 cm³/mol. The summed E-state index contributed by atoms with van der Waals surface area (Å²) in [6.07, 6.45) is -4.78. The number of carbonyl (C=O) groups excluding carboxylic acids is 1. The lowest BCUT2D eigenvalue weighted by molar-refractivity contribution is -0.149. The number of hydrogen-bond acceptors (Lipinski definition) is 2. The van der Waals surface area contributed by atoms with Crippen LogP contribution in [0.1, 0.15) is 10.4 Å². The van der Waals surface area contributed by atoms with Crippen molar-refractivity contribution in [2.45, 2.75) is 6.18 Å². The number of rotatable bonds is 4. The number of alkyl halides is 3. The molecule has 1 N–H and O–H groups in total. The molecule has 0 atom stereocenters. The van der Waals surface area contributed by atoms with Gasteiger partial charge in [0.2, 0.25) is 0 Å². The molecular formula is C11H8BrF4NO3. The molecule has 1 aromatic rings. The van der Waals surface area contributed by atoms with Crippen molar-refractivity contribution in [3.63, 3.8) is 0 Å². The third kappa shape index (κ3) is 4.48. The van der Waals surface area contributed by atoms with Gasteiger partial charge in [0.25, 0.3) is 5.91 Å². The van der Waals surface area contributed by atoms with Crippen molar-refractivity contribution in [1.29, 1.82) is 0 Å². The number of carbonyl (C=O) groups is 2. The van der Waals surface area contributed by atoms with Crippen LogP contribution in [0.25, 0.3) is 0 Å². The summed E-state index contributed by atoms with van der Waals surface area (Å²) in [6, 6.07) is 3.50. The van der Waals surface area contributed by atoms with E-state index in [4.69, 9.17) is 5.11 Å². The first kappa shape index (κ1) is 16.4. The molecule has 0 unspecified atom stereocenters. The molecular weight excluding hydrogens is 350 g/mol. The van der Waals surface area contributed by atoms with Gasteiger partial charge in [0, 0.05) is 0 Å². The monoisotopic (exact) mass is 357 g/mol.